The van der Waals surface area contributed by atoms with Gasteiger partial charge < -0.3 is 4.74 Å². The van der Waals surface area contributed by atoms with Crippen molar-refractivity contribution in [1.29, 1.82) is 5.26 Å². The molecule has 2 aromatic heterocycles. The molecule has 0 aliphatic heterocycles. The van der Waals surface area contributed by atoms with E-state index in [9.17, 15) is 10.1 Å². The molecule has 4 rings (SSSR count). The van der Waals surface area contributed by atoms with Gasteiger partial charge in [-0.15, -0.1) is 0 Å². The number of nitriles is 1. The van der Waals surface area contributed by atoms with Crippen LogP contribution in [0.15, 0.2) is 90.0 Å². The Morgan fingerprint density at radius 1 is 0.931 bits per heavy atom. The Bertz CT molecular complexity index is 1270. The van der Waals surface area contributed by atoms with E-state index in [-0.39, 0.29) is 5.56 Å². The molecule has 5 heteroatoms. The summed E-state index contributed by atoms with van der Waals surface area (Å²) in [6.07, 6.45) is 3.46. The van der Waals surface area contributed by atoms with Crippen LogP contribution in [0.5, 0.6) is 5.88 Å². The molecule has 0 unspecified atom stereocenters. The average Bonchev–Trinajstić information content (AvgIpc) is 2.79. The number of hydrogen-bond donors (Lipinski definition) is 0. The van der Waals surface area contributed by atoms with E-state index in [1.165, 1.54) is 6.07 Å². The van der Waals surface area contributed by atoms with Crippen molar-refractivity contribution in [3.05, 3.63) is 101 Å². The molecule has 0 aliphatic rings. The smallest absolute Gasteiger partial charge is 0.255 e. The Morgan fingerprint density at radius 2 is 1.72 bits per heavy atom. The summed E-state index contributed by atoms with van der Waals surface area (Å²) in [5.41, 5.74) is 4.58. The molecule has 0 bridgehead atoms. The SMILES string of the molecule is COc1ccc(-c2cc(-c3ccccc3C#N)cc(-n3ccccc3=O)c2)cn1. The van der Waals surface area contributed by atoms with Gasteiger partial charge in [0.25, 0.3) is 5.56 Å². The van der Waals surface area contributed by atoms with Crippen molar-refractivity contribution >= 4 is 0 Å². The summed E-state index contributed by atoms with van der Waals surface area (Å²) < 4.78 is 6.73. The van der Waals surface area contributed by atoms with E-state index < -0.39 is 0 Å². The fraction of sp³-hybridized carbons (Fsp3) is 0.0417. The molecule has 0 amide bonds. The summed E-state index contributed by atoms with van der Waals surface area (Å²) in [5.74, 6) is 0.527. The molecule has 0 saturated carbocycles. The van der Waals surface area contributed by atoms with Gasteiger partial charge in [0.05, 0.1) is 18.7 Å². The highest BCUT2D eigenvalue weighted by Crippen LogP contribution is 2.31. The molecule has 29 heavy (non-hydrogen) atoms. The minimum absolute atomic E-state index is 0.128. The number of nitrogens with zero attached hydrogens (tertiary/aromatic N) is 3. The fourth-order valence-electron chi connectivity index (χ4n) is 3.22. The lowest BCUT2D eigenvalue weighted by Gasteiger charge is -2.13. The maximum atomic E-state index is 12.4. The van der Waals surface area contributed by atoms with Crippen LogP contribution in [-0.4, -0.2) is 16.7 Å². The Morgan fingerprint density at radius 3 is 2.45 bits per heavy atom. The van der Waals surface area contributed by atoms with Gasteiger partial charge >= 0.3 is 0 Å². The molecule has 0 N–H and O–H groups in total. The van der Waals surface area contributed by atoms with Crippen molar-refractivity contribution in [3.8, 4) is 39.9 Å². The monoisotopic (exact) mass is 379 g/mol. The van der Waals surface area contributed by atoms with Gasteiger partial charge in [-0.1, -0.05) is 24.3 Å². The molecule has 4 aromatic rings. The third kappa shape index (κ3) is 3.64. The van der Waals surface area contributed by atoms with Crippen LogP contribution in [0, 0.1) is 11.3 Å². The quantitative estimate of drug-likeness (QED) is 0.525. The van der Waals surface area contributed by atoms with Gasteiger partial charge in [-0.05, 0) is 53.1 Å². The van der Waals surface area contributed by atoms with Crippen LogP contribution < -0.4 is 10.3 Å². The Hall–Kier alpha value is -4.17. The zero-order valence-corrected chi connectivity index (χ0v) is 15.7. The molecule has 0 aliphatic carbocycles. The third-order valence-electron chi connectivity index (χ3n) is 4.66. The van der Waals surface area contributed by atoms with E-state index in [1.807, 2.05) is 48.5 Å². The largest absolute Gasteiger partial charge is 0.481 e. The van der Waals surface area contributed by atoms with Crippen molar-refractivity contribution in [2.75, 3.05) is 7.11 Å². The fourth-order valence-corrected chi connectivity index (χ4v) is 3.22. The van der Waals surface area contributed by atoms with Crippen molar-refractivity contribution < 1.29 is 4.74 Å². The first kappa shape index (κ1) is 18.2. The lowest BCUT2D eigenvalue weighted by atomic mass is 9.96. The van der Waals surface area contributed by atoms with E-state index in [2.05, 4.69) is 11.1 Å². The normalized spacial score (nSPS) is 10.3. The van der Waals surface area contributed by atoms with Crippen molar-refractivity contribution in [2.24, 2.45) is 0 Å². The first-order chi connectivity index (χ1) is 14.2. The number of aromatic nitrogens is 2. The molecule has 0 atom stereocenters. The lowest BCUT2D eigenvalue weighted by molar-refractivity contribution is 0.398. The van der Waals surface area contributed by atoms with E-state index >= 15 is 0 Å². The number of benzene rings is 2. The second-order valence-electron chi connectivity index (χ2n) is 6.42. The van der Waals surface area contributed by atoms with Gasteiger partial charge in [-0.2, -0.15) is 5.26 Å². The van der Waals surface area contributed by atoms with E-state index in [4.69, 9.17) is 4.74 Å². The first-order valence-corrected chi connectivity index (χ1v) is 9.02. The lowest BCUT2D eigenvalue weighted by Crippen LogP contribution is -2.15. The molecule has 5 nitrogen and oxygen atoms in total. The molecular formula is C24H17N3O2. The predicted octanol–water partition coefficient (Wildman–Crippen LogP) is 4.45. The van der Waals surface area contributed by atoms with E-state index in [0.717, 1.165) is 22.3 Å². The summed E-state index contributed by atoms with van der Waals surface area (Å²) in [4.78, 5) is 16.7. The van der Waals surface area contributed by atoms with Crippen LogP contribution in [0.4, 0.5) is 0 Å². The molecule has 0 radical (unpaired) electrons. The first-order valence-electron chi connectivity index (χ1n) is 9.02. The zero-order valence-electron chi connectivity index (χ0n) is 15.7. The van der Waals surface area contributed by atoms with Crippen molar-refractivity contribution in [1.82, 2.24) is 9.55 Å². The van der Waals surface area contributed by atoms with Crippen molar-refractivity contribution in [3.63, 3.8) is 0 Å². The second kappa shape index (κ2) is 7.83. The minimum atomic E-state index is -0.128. The van der Waals surface area contributed by atoms with E-state index in [1.54, 1.807) is 42.3 Å². The molecule has 0 saturated heterocycles. The van der Waals surface area contributed by atoms with Crippen LogP contribution in [0.3, 0.4) is 0 Å². The predicted molar refractivity (Wildman–Crippen MR) is 112 cm³/mol. The summed E-state index contributed by atoms with van der Waals surface area (Å²) in [7, 11) is 1.57. The summed E-state index contributed by atoms with van der Waals surface area (Å²) in [6, 6.07) is 24.3. The van der Waals surface area contributed by atoms with Crippen LogP contribution in [0.1, 0.15) is 5.56 Å². The molecule has 0 fully saturated rings. The highest BCUT2D eigenvalue weighted by Gasteiger charge is 2.11. The number of rotatable bonds is 4. The summed E-state index contributed by atoms with van der Waals surface area (Å²) in [6.45, 7) is 0. The Balaban J connectivity index is 1.96. The van der Waals surface area contributed by atoms with Crippen LogP contribution in [0.2, 0.25) is 0 Å². The van der Waals surface area contributed by atoms with Gasteiger partial charge in [0.2, 0.25) is 5.88 Å². The van der Waals surface area contributed by atoms with Gasteiger partial charge in [0, 0.05) is 35.8 Å². The van der Waals surface area contributed by atoms with Gasteiger partial charge in [-0.3, -0.25) is 9.36 Å². The highest BCUT2D eigenvalue weighted by molar-refractivity contribution is 5.78. The molecule has 140 valence electrons. The minimum Gasteiger partial charge on any atom is -0.481 e. The highest BCUT2D eigenvalue weighted by atomic mass is 16.5. The maximum Gasteiger partial charge on any atom is 0.255 e. The average molecular weight is 379 g/mol. The molecule has 2 aromatic carbocycles. The third-order valence-corrected chi connectivity index (χ3v) is 4.66. The second-order valence-corrected chi connectivity index (χ2v) is 6.42. The Kier molecular flexibility index (Phi) is 4.91. The molecule has 2 heterocycles. The zero-order chi connectivity index (χ0) is 20.2. The molecular weight excluding hydrogens is 362 g/mol. The van der Waals surface area contributed by atoms with Crippen LogP contribution in [-0.2, 0) is 0 Å². The molecule has 0 spiro atoms. The van der Waals surface area contributed by atoms with Gasteiger partial charge in [0.1, 0.15) is 0 Å². The van der Waals surface area contributed by atoms with Gasteiger partial charge in [-0.25, -0.2) is 4.98 Å². The standard InChI is InChI=1S/C24H17N3O2/c1-29-23-10-9-18(16-26-23)19-12-20(22-7-3-2-6-17(22)15-25)14-21(13-19)27-11-5-4-8-24(27)28/h2-14,16H,1H3. The van der Waals surface area contributed by atoms with E-state index in [0.29, 0.717) is 17.1 Å². The number of pyridine rings is 2. The van der Waals surface area contributed by atoms with Gasteiger partial charge in [0.15, 0.2) is 0 Å². The summed E-state index contributed by atoms with van der Waals surface area (Å²) in [5, 5.41) is 9.53. The van der Waals surface area contributed by atoms with Crippen LogP contribution >= 0.6 is 0 Å². The number of ether oxygens (including phenoxy) is 1. The van der Waals surface area contributed by atoms with Crippen LogP contribution in [0.25, 0.3) is 27.9 Å². The Labute approximate surface area is 168 Å². The van der Waals surface area contributed by atoms with Crippen molar-refractivity contribution in [2.45, 2.75) is 0 Å². The number of hydrogen-bond acceptors (Lipinski definition) is 4. The topological polar surface area (TPSA) is 67.9 Å². The summed E-state index contributed by atoms with van der Waals surface area (Å²) >= 11 is 0. The maximum absolute atomic E-state index is 12.4. The number of methoxy groups -OCH3 is 1.